The van der Waals surface area contributed by atoms with Crippen LogP contribution in [0.2, 0.25) is 0 Å². The van der Waals surface area contributed by atoms with Gasteiger partial charge in [0, 0.05) is 19.6 Å². The first-order valence-electron chi connectivity index (χ1n) is 5.63. The van der Waals surface area contributed by atoms with Crippen LogP contribution in [0.5, 0.6) is 0 Å². The van der Waals surface area contributed by atoms with Gasteiger partial charge in [0.25, 0.3) is 0 Å². The Kier molecular flexibility index (Phi) is 3.95. The van der Waals surface area contributed by atoms with Crippen LogP contribution in [0.3, 0.4) is 0 Å². The van der Waals surface area contributed by atoms with Crippen LogP contribution in [0, 0.1) is 0 Å². The summed E-state index contributed by atoms with van der Waals surface area (Å²) in [5, 5.41) is 15.0. The molecule has 1 aromatic carbocycles. The maximum Gasteiger partial charge on any atom is 0.407 e. The predicted octanol–water partition coefficient (Wildman–Crippen LogP) is 0.246. The molecular formula is C12H16N2O3. The van der Waals surface area contributed by atoms with Gasteiger partial charge in [0.2, 0.25) is 0 Å². The normalized spacial score (nSPS) is 23.4. The lowest BCUT2D eigenvalue weighted by Gasteiger charge is -2.15. The number of hydrogen-bond acceptors (Lipinski definition) is 4. The predicted molar refractivity (Wildman–Crippen MR) is 62.4 cm³/mol. The van der Waals surface area contributed by atoms with Crippen LogP contribution in [0.15, 0.2) is 30.3 Å². The van der Waals surface area contributed by atoms with Gasteiger partial charge in [0.15, 0.2) is 0 Å². The summed E-state index contributed by atoms with van der Waals surface area (Å²) >= 11 is 0. The molecule has 17 heavy (non-hydrogen) atoms. The molecule has 1 aliphatic rings. The molecule has 5 heteroatoms. The number of hydrogen-bond donors (Lipinski definition) is 3. The molecule has 1 aliphatic heterocycles. The summed E-state index contributed by atoms with van der Waals surface area (Å²) in [5.41, 5.74) is 1.01. The Morgan fingerprint density at radius 3 is 2.82 bits per heavy atom. The second kappa shape index (κ2) is 5.65. The zero-order chi connectivity index (χ0) is 12.1. The summed E-state index contributed by atoms with van der Waals surface area (Å²) in [4.78, 5) is 11.4. The molecule has 0 bridgehead atoms. The lowest BCUT2D eigenvalue weighted by molar-refractivity contribution is 0.0328. The minimum absolute atomic E-state index is 0.427. The third-order valence-corrected chi connectivity index (χ3v) is 2.67. The molecule has 2 rings (SSSR count). The maximum absolute atomic E-state index is 11.4. The zero-order valence-electron chi connectivity index (χ0n) is 9.43. The van der Waals surface area contributed by atoms with E-state index in [1.165, 1.54) is 0 Å². The quantitative estimate of drug-likeness (QED) is 0.703. The number of nitrogens with one attached hydrogen (secondary N) is 2. The summed E-state index contributed by atoms with van der Waals surface area (Å²) in [6.07, 6.45) is -1.56. The van der Waals surface area contributed by atoms with E-state index in [0.29, 0.717) is 19.6 Å². The average molecular weight is 236 g/mol. The summed E-state index contributed by atoms with van der Waals surface area (Å²) < 4.78 is 5.08. The number of ether oxygens (including phenoxy) is 1. The molecule has 0 saturated carbocycles. The van der Waals surface area contributed by atoms with E-state index < -0.39 is 18.3 Å². The van der Waals surface area contributed by atoms with Crippen molar-refractivity contribution in [1.82, 2.24) is 10.6 Å². The second-order valence-corrected chi connectivity index (χ2v) is 4.01. The van der Waals surface area contributed by atoms with Crippen LogP contribution < -0.4 is 10.6 Å². The molecule has 1 heterocycles. The van der Waals surface area contributed by atoms with E-state index in [2.05, 4.69) is 10.6 Å². The van der Waals surface area contributed by atoms with Gasteiger partial charge >= 0.3 is 6.09 Å². The van der Waals surface area contributed by atoms with Crippen LogP contribution in [-0.4, -0.2) is 36.5 Å². The fourth-order valence-corrected chi connectivity index (χ4v) is 1.71. The van der Waals surface area contributed by atoms with Crippen molar-refractivity contribution in [1.29, 1.82) is 0 Å². The lowest BCUT2D eigenvalue weighted by atomic mass is 10.2. The van der Waals surface area contributed by atoms with Gasteiger partial charge in [-0.3, -0.25) is 0 Å². The van der Waals surface area contributed by atoms with Gasteiger partial charge in [-0.05, 0) is 5.56 Å². The molecule has 5 nitrogen and oxygen atoms in total. The number of alkyl carbamates (subject to hydrolysis) is 1. The number of aliphatic hydroxyl groups excluding tert-OH is 1. The molecule has 92 valence electrons. The first-order chi connectivity index (χ1) is 8.25. The van der Waals surface area contributed by atoms with E-state index >= 15 is 0 Å². The Morgan fingerprint density at radius 1 is 1.41 bits per heavy atom. The Hall–Kier alpha value is -1.59. The highest BCUT2D eigenvalue weighted by molar-refractivity contribution is 5.67. The number of carbonyl (C=O) groups excluding carboxylic acids is 1. The van der Waals surface area contributed by atoms with Gasteiger partial charge in [-0.2, -0.15) is 0 Å². The number of rotatable bonds is 3. The molecule has 2 atom stereocenters. The number of carbonyl (C=O) groups is 1. The fraction of sp³-hybridized carbons (Fsp3) is 0.417. The molecule has 1 saturated heterocycles. The molecule has 1 amide bonds. The van der Waals surface area contributed by atoms with Crippen molar-refractivity contribution in [2.45, 2.75) is 18.8 Å². The van der Waals surface area contributed by atoms with E-state index in [1.807, 2.05) is 30.3 Å². The van der Waals surface area contributed by atoms with E-state index in [4.69, 9.17) is 4.74 Å². The highest BCUT2D eigenvalue weighted by atomic mass is 16.6. The average Bonchev–Trinajstić information content (AvgIpc) is 2.74. The smallest absolute Gasteiger partial charge is 0.407 e. The van der Waals surface area contributed by atoms with Crippen molar-refractivity contribution < 1.29 is 14.6 Å². The van der Waals surface area contributed by atoms with E-state index in [0.717, 1.165) is 5.56 Å². The molecule has 0 aromatic heterocycles. The van der Waals surface area contributed by atoms with Crippen LogP contribution in [0.1, 0.15) is 5.56 Å². The molecule has 3 N–H and O–H groups in total. The number of amides is 1. The zero-order valence-corrected chi connectivity index (χ0v) is 9.43. The van der Waals surface area contributed by atoms with E-state index in [9.17, 15) is 9.90 Å². The SMILES string of the molecule is O=C(NCc1ccccc1)O[C@H]1CNC[C@@H]1O. The lowest BCUT2D eigenvalue weighted by Crippen LogP contribution is -2.34. The highest BCUT2D eigenvalue weighted by Crippen LogP contribution is 2.05. The molecule has 0 radical (unpaired) electrons. The number of benzene rings is 1. The van der Waals surface area contributed by atoms with Gasteiger partial charge < -0.3 is 20.5 Å². The van der Waals surface area contributed by atoms with Crippen molar-refractivity contribution >= 4 is 6.09 Å². The first kappa shape index (κ1) is 11.9. The van der Waals surface area contributed by atoms with Gasteiger partial charge in [-0.15, -0.1) is 0 Å². The van der Waals surface area contributed by atoms with Crippen molar-refractivity contribution in [2.24, 2.45) is 0 Å². The third-order valence-electron chi connectivity index (χ3n) is 2.67. The fourth-order valence-electron chi connectivity index (χ4n) is 1.71. The van der Waals surface area contributed by atoms with Crippen molar-refractivity contribution in [2.75, 3.05) is 13.1 Å². The summed E-state index contributed by atoms with van der Waals surface area (Å²) in [5.74, 6) is 0. The number of β-amino-alcohol motifs (C(OH)–C–C–N with tert-alkyl or cyclic N) is 1. The summed E-state index contributed by atoms with van der Waals surface area (Å²) in [6, 6.07) is 9.58. The van der Waals surface area contributed by atoms with Crippen LogP contribution >= 0.6 is 0 Å². The van der Waals surface area contributed by atoms with Crippen LogP contribution in [0.4, 0.5) is 4.79 Å². The Labute approximate surface area is 99.8 Å². The molecule has 1 aromatic rings. The van der Waals surface area contributed by atoms with Crippen molar-refractivity contribution in [3.05, 3.63) is 35.9 Å². The Balaban J connectivity index is 1.74. The second-order valence-electron chi connectivity index (χ2n) is 4.01. The standard InChI is InChI=1S/C12H16N2O3/c15-10-7-13-8-11(10)17-12(16)14-6-9-4-2-1-3-5-9/h1-5,10-11,13,15H,6-8H2,(H,14,16)/t10-,11-/m0/s1. The van der Waals surface area contributed by atoms with Crippen molar-refractivity contribution in [3.8, 4) is 0 Å². The third kappa shape index (κ3) is 3.44. The van der Waals surface area contributed by atoms with E-state index in [-0.39, 0.29) is 0 Å². The summed E-state index contributed by atoms with van der Waals surface area (Å²) in [6.45, 7) is 1.40. The molecule has 0 spiro atoms. The topological polar surface area (TPSA) is 70.6 Å². The van der Waals surface area contributed by atoms with E-state index in [1.54, 1.807) is 0 Å². The van der Waals surface area contributed by atoms with Crippen LogP contribution in [-0.2, 0) is 11.3 Å². The first-order valence-corrected chi connectivity index (χ1v) is 5.63. The van der Waals surface area contributed by atoms with Gasteiger partial charge in [0.1, 0.15) is 12.2 Å². The van der Waals surface area contributed by atoms with Crippen LogP contribution in [0.25, 0.3) is 0 Å². The Bertz CT molecular complexity index is 369. The Morgan fingerprint density at radius 2 is 2.18 bits per heavy atom. The minimum Gasteiger partial charge on any atom is -0.442 e. The molecule has 1 fully saturated rings. The number of aliphatic hydroxyl groups is 1. The maximum atomic E-state index is 11.4. The monoisotopic (exact) mass is 236 g/mol. The largest absolute Gasteiger partial charge is 0.442 e. The molecule has 0 unspecified atom stereocenters. The molecular weight excluding hydrogens is 220 g/mol. The van der Waals surface area contributed by atoms with Crippen molar-refractivity contribution in [3.63, 3.8) is 0 Å². The van der Waals surface area contributed by atoms with Gasteiger partial charge in [-0.1, -0.05) is 30.3 Å². The molecule has 0 aliphatic carbocycles. The van der Waals surface area contributed by atoms with Gasteiger partial charge in [0.05, 0.1) is 0 Å². The van der Waals surface area contributed by atoms with Gasteiger partial charge in [-0.25, -0.2) is 4.79 Å². The highest BCUT2D eigenvalue weighted by Gasteiger charge is 2.28. The summed E-state index contributed by atoms with van der Waals surface area (Å²) in [7, 11) is 0. The minimum atomic E-state index is -0.613.